The third kappa shape index (κ3) is 4.51. The maximum absolute atomic E-state index is 12.4. The van der Waals surface area contributed by atoms with E-state index in [-0.39, 0.29) is 16.5 Å². The molecule has 6 nitrogen and oxygen atoms in total. The average Bonchev–Trinajstić information content (AvgIpc) is 2.36. The van der Waals surface area contributed by atoms with Gasteiger partial charge in [0.25, 0.3) is 5.91 Å². The van der Waals surface area contributed by atoms with Crippen molar-refractivity contribution < 1.29 is 23.1 Å². The molecule has 0 unspecified atom stereocenters. The molecule has 0 spiro atoms. The second kappa shape index (κ2) is 6.73. The molecule has 0 saturated heterocycles. The molecule has 0 saturated carbocycles. The molecule has 1 heterocycles. The molecule has 20 heavy (non-hydrogen) atoms. The molecule has 1 rings (SSSR count). The predicted molar refractivity (Wildman–Crippen MR) is 66.1 cm³/mol. The average molecular weight is 313 g/mol. The Morgan fingerprint density at radius 1 is 1.50 bits per heavy atom. The predicted octanol–water partition coefficient (Wildman–Crippen LogP) is 1.02. The van der Waals surface area contributed by atoms with Crippen LogP contribution in [0.15, 0.2) is 12.1 Å². The van der Waals surface area contributed by atoms with Gasteiger partial charge in [-0.25, -0.2) is 10.8 Å². The van der Waals surface area contributed by atoms with Crippen LogP contribution in [0.3, 0.4) is 0 Å². The molecule has 0 aliphatic carbocycles. The maximum Gasteiger partial charge on any atom is 0.406 e. The largest absolute Gasteiger partial charge is 0.406 e. The number of anilines is 1. The lowest BCUT2D eigenvalue weighted by Crippen LogP contribution is -2.41. The highest BCUT2D eigenvalue weighted by Crippen LogP contribution is 2.21. The highest BCUT2D eigenvalue weighted by atomic mass is 35.5. The number of aliphatic hydroxyl groups excluding tert-OH is 1. The molecule has 10 heteroatoms. The number of carbonyl (C=O) groups excluding carboxylic acids is 1. The minimum Gasteiger partial charge on any atom is -0.395 e. The van der Waals surface area contributed by atoms with Crippen LogP contribution in [0.4, 0.5) is 19.0 Å². The van der Waals surface area contributed by atoms with Crippen LogP contribution in [0.1, 0.15) is 10.5 Å². The summed E-state index contributed by atoms with van der Waals surface area (Å²) in [5, 5.41) is 8.64. The summed E-state index contributed by atoms with van der Waals surface area (Å²) < 4.78 is 37.2. The molecule has 1 aromatic rings. The molecule has 0 aromatic carbocycles. The number of nitrogens with one attached hydrogen (secondary N) is 1. The number of amides is 1. The zero-order chi connectivity index (χ0) is 15.3. The Morgan fingerprint density at radius 2 is 2.15 bits per heavy atom. The number of nitrogens with two attached hydrogens (primary N) is 1. The van der Waals surface area contributed by atoms with Gasteiger partial charge in [-0.15, -0.1) is 0 Å². The van der Waals surface area contributed by atoms with Crippen LogP contribution in [0, 0.1) is 0 Å². The zero-order valence-electron chi connectivity index (χ0n) is 10.1. The molecule has 0 bridgehead atoms. The summed E-state index contributed by atoms with van der Waals surface area (Å²) in [6.45, 7) is -2.62. The van der Waals surface area contributed by atoms with Crippen molar-refractivity contribution in [2.45, 2.75) is 6.18 Å². The van der Waals surface area contributed by atoms with Crippen LogP contribution in [0.5, 0.6) is 0 Å². The van der Waals surface area contributed by atoms with E-state index in [0.717, 1.165) is 0 Å². The number of carbonyl (C=O) groups is 1. The first-order valence-electron chi connectivity index (χ1n) is 5.38. The van der Waals surface area contributed by atoms with Gasteiger partial charge in [0.2, 0.25) is 0 Å². The summed E-state index contributed by atoms with van der Waals surface area (Å²) in [4.78, 5) is 16.1. The van der Waals surface area contributed by atoms with Crippen LogP contribution >= 0.6 is 11.6 Å². The Kier molecular flexibility index (Phi) is 5.54. The minimum atomic E-state index is -4.60. The number of halogens is 4. The molecular formula is C10H12ClF3N4O2. The Morgan fingerprint density at radius 3 is 2.65 bits per heavy atom. The van der Waals surface area contributed by atoms with Crippen LogP contribution in [-0.4, -0.2) is 46.8 Å². The molecule has 0 radical (unpaired) electrons. The number of rotatable bonds is 5. The van der Waals surface area contributed by atoms with Crippen molar-refractivity contribution >= 4 is 23.3 Å². The zero-order valence-corrected chi connectivity index (χ0v) is 10.9. The van der Waals surface area contributed by atoms with Crippen LogP contribution < -0.4 is 11.3 Å². The third-order valence-corrected chi connectivity index (χ3v) is 2.53. The number of alkyl halides is 3. The SMILES string of the molecule is NNc1ccc(Cl)c(C(=O)N(CCO)CC(F)(F)F)n1. The van der Waals surface area contributed by atoms with Gasteiger partial charge in [-0.05, 0) is 12.1 Å². The second-order valence-corrected chi connectivity index (χ2v) is 4.14. The number of hydrogen-bond donors (Lipinski definition) is 3. The number of pyridine rings is 1. The maximum atomic E-state index is 12.4. The summed E-state index contributed by atoms with van der Waals surface area (Å²) in [5.41, 5.74) is 1.78. The second-order valence-electron chi connectivity index (χ2n) is 3.74. The van der Waals surface area contributed by atoms with E-state index in [9.17, 15) is 18.0 Å². The lowest BCUT2D eigenvalue weighted by Gasteiger charge is -2.23. The fourth-order valence-corrected chi connectivity index (χ4v) is 1.60. The number of nitrogen functional groups attached to an aromatic ring is 1. The molecule has 4 N–H and O–H groups in total. The number of hydrazine groups is 1. The first kappa shape index (κ1) is 16.5. The Bertz CT molecular complexity index is 484. The number of nitrogens with zero attached hydrogens (tertiary/aromatic N) is 2. The fraction of sp³-hybridized carbons (Fsp3) is 0.400. The van der Waals surface area contributed by atoms with Gasteiger partial charge in [0, 0.05) is 6.54 Å². The van der Waals surface area contributed by atoms with Gasteiger partial charge in [0.05, 0.1) is 11.6 Å². The topological polar surface area (TPSA) is 91.5 Å². The fourth-order valence-electron chi connectivity index (χ4n) is 1.41. The first-order valence-corrected chi connectivity index (χ1v) is 5.76. The highest BCUT2D eigenvalue weighted by Gasteiger charge is 2.34. The van der Waals surface area contributed by atoms with Crippen molar-refractivity contribution in [3.8, 4) is 0 Å². The van der Waals surface area contributed by atoms with E-state index in [0.29, 0.717) is 4.90 Å². The van der Waals surface area contributed by atoms with E-state index in [1.807, 2.05) is 0 Å². The van der Waals surface area contributed by atoms with Gasteiger partial charge in [-0.1, -0.05) is 11.6 Å². The van der Waals surface area contributed by atoms with Crippen molar-refractivity contribution in [1.29, 1.82) is 0 Å². The van der Waals surface area contributed by atoms with E-state index in [1.165, 1.54) is 12.1 Å². The quantitative estimate of drug-likeness (QED) is 0.558. The van der Waals surface area contributed by atoms with Crippen molar-refractivity contribution in [3.63, 3.8) is 0 Å². The standard InChI is InChI=1S/C10H12ClF3N4O2/c11-6-1-2-7(17-15)16-8(6)9(20)18(3-4-19)5-10(12,13)14/h1-2,19H,3-5,15H2,(H,16,17). The lowest BCUT2D eigenvalue weighted by molar-refractivity contribution is -0.141. The van der Waals surface area contributed by atoms with Gasteiger partial charge in [0.1, 0.15) is 18.1 Å². The van der Waals surface area contributed by atoms with Gasteiger partial charge in [-0.3, -0.25) is 4.79 Å². The Labute approximate surface area is 117 Å². The number of aromatic nitrogens is 1. The highest BCUT2D eigenvalue weighted by molar-refractivity contribution is 6.33. The third-order valence-electron chi connectivity index (χ3n) is 2.22. The normalized spacial score (nSPS) is 11.3. The van der Waals surface area contributed by atoms with Gasteiger partial charge >= 0.3 is 6.18 Å². The number of aliphatic hydroxyl groups is 1. The molecule has 1 aromatic heterocycles. The Balaban J connectivity index is 3.05. The van der Waals surface area contributed by atoms with Crippen molar-refractivity contribution in [3.05, 3.63) is 22.8 Å². The number of hydrogen-bond acceptors (Lipinski definition) is 5. The van der Waals surface area contributed by atoms with E-state index in [2.05, 4.69) is 10.4 Å². The van der Waals surface area contributed by atoms with Crippen molar-refractivity contribution in [2.24, 2.45) is 5.84 Å². The van der Waals surface area contributed by atoms with Gasteiger partial charge < -0.3 is 15.4 Å². The molecule has 1 amide bonds. The van der Waals surface area contributed by atoms with E-state index in [4.69, 9.17) is 22.6 Å². The smallest absolute Gasteiger partial charge is 0.395 e. The van der Waals surface area contributed by atoms with Crippen LogP contribution in [0.2, 0.25) is 5.02 Å². The molecule has 112 valence electrons. The van der Waals surface area contributed by atoms with Crippen LogP contribution in [0.25, 0.3) is 0 Å². The summed E-state index contributed by atoms with van der Waals surface area (Å²) in [5.74, 6) is 4.14. The molecule has 0 fully saturated rings. The van der Waals surface area contributed by atoms with Crippen LogP contribution in [-0.2, 0) is 0 Å². The minimum absolute atomic E-state index is 0.0775. The summed E-state index contributed by atoms with van der Waals surface area (Å²) >= 11 is 5.74. The van der Waals surface area contributed by atoms with E-state index < -0.39 is 31.8 Å². The summed E-state index contributed by atoms with van der Waals surface area (Å²) in [6, 6.07) is 2.64. The van der Waals surface area contributed by atoms with E-state index in [1.54, 1.807) is 0 Å². The summed E-state index contributed by atoms with van der Waals surface area (Å²) in [6.07, 6.45) is -4.60. The van der Waals surface area contributed by atoms with E-state index >= 15 is 0 Å². The Hall–Kier alpha value is -1.58. The first-order chi connectivity index (χ1) is 9.28. The van der Waals surface area contributed by atoms with Crippen molar-refractivity contribution in [1.82, 2.24) is 9.88 Å². The van der Waals surface area contributed by atoms with Crippen molar-refractivity contribution in [2.75, 3.05) is 25.1 Å². The molecule has 0 aliphatic rings. The molecule has 0 atom stereocenters. The van der Waals surface area contributed by atoms with Gasteiger partial charge in [-0.2, -0.15) is 13.2 Å². The molecule has 0 aliphatic heterocycles. The summed E-state index contributed by atoms with van der Waals surface area (Å²) in [7, 11) is 0. The van der Waals surface area contributed by atoms with Gasteiger partial charge in [0.15, 0.2) is 0 Å². The lowest BCUT2D eigenvalue weighted by atomic mass is 10.3. The molecular weight excluding hydrogens is 301 g/mol. The monoisotopic (exact) mass is 312 g/mol.